The maximum atomic E-state index is 5.48. The lowest BCUT2D eigenvalue weighted by Gasteiger charge is -2.10. The van der Waals surface area contributed by atoms with E-state index >= 15 is 0 Å². The number of likely N-dealkylation sites (N-methyl/N-ethyl adjacent to an activating group) is 1. The second-order valence-corrected chi connectivity index (χ2v) is 2.98. The Morgan fingerprint density at radius 1 is 1.54 bits per heavy atom. The minimum absolute atomic E-state index is 0.168. The molecule has 0 aliphatic rings. The molecule has 0 saturated carbocycles. The summed E-state index contributed by atoms with van der Waals surface area (Å²) in [4.78, 5) is 0. The van der Waals surface area contributed by atoms with E-state index in [1.165, 1.54) is 0 Å². The van der Waals surface area contributed by atoms with Crippen LogP contribution >= 0.6 is 0 Å². The van der Waals surface area contributed by atoms with E-state index in [4.69, 9.17) is 4.74 Å². The molecule has 5 heteroatoms. The molecule has 0 bridgehead atoms. The molecule has 1 atom stereocenters. The molecule has 5 nitrogen and oxygen atoms in total. The minimum Gasteiger partial charge on any atom is -0.371 e. The lowest BCUT2D eigenvalue weighted by atomic mass is 10.3. The van der Waals surface area contributed by atoms with Crippen molar-refractivity contribution in [2.75, 3.05) is 13.6 Å². The minimum atomic E-state index is 0.168. The average molecular weight is 185 g/mol. The largest absolute Gasteiger partial charge is 0.371 e. The number of nitrogens with zero attached hydrogens (tertiary/aromatic N) is 2. The van der Waals surface area contributed by atoms with E-state index in [1.54, 1.807) is 0 Å². The molecule has 0 fully saturated rings. The van der Waals surface area contributed by atoms with Crippen LogP contribution in [0.3, 0.4) is 0 Å². The molecular formula is C8H15N3O2. The highest BCUT2D eigenvalue weighted by Crippen LogP contribution is 2.03. The smallest absolute Gasteiger partial charge is 0.133 e. The third-order valence-electron chi connectivity index (χ3n) is 1.74. The topological polar surface area (TPSA) is 60.2 Å². The first-order valence-corrected chi connectivity index (χ1v) is 4.28. The molecular weight excluding hydrogens is 170 g/mol. The number of aromatic nitrogens is 2. The molecule has 1 aromatic heterocycles. The lowest BCUT2D eigenvalue weighted by Crippen LogP contribution is -2.23. The SMILES string of the molecule is CNCC(C)OCc1nonc1C. The van der Waals surface area contributed by atoms with Crippen LogP contribution in [0.1, 0.15) is 18.3 Å². The van der Waals surface area contributed by atoms with Crippen LogP contribution < -0.4 is 5.32 Å². The van der Waals surface area contributed by atoms with Crippen molar-refractivity contribution in [1.29, 1.82) is 0 Å². The van der Waals surface area contributed by atoms with Crippen LogP contribution in [0.5, 0.6) is 0 Å². The van der Waals surface area contributed by atoms with Crippen molar-refractivity contribution in [2.45, 2.75) is 26.6 Å². The summed E-state index contributed by atoms with van der Waals surface area (Å²) in [6.07, 6.45) is 0.168. The van der Waals surface area contributed by atoms with Crippen LogP contribution in [0.4, 0.5) is 0 Å². The zero-order valence-electron chi connectivity index (χ0n) is 8.20. The number of hydrogen-bond donors (Lipinski definition) is 1. The Morgan fingerprint density at radius 3 is 2.85 bits per heavy atom. The van der Waals surface area contributed by atoms with Gasteiger partial charge >= 0.3 is 0 Å². The standard InChI is InChI=1S/C8H15N3O2/c1-6(4-9-3)12-5-8-7(2)10-13-11-8/h6,9H,4-5H2,1-3H3. The van der Waals surface area contributed by atoms with Gasteiger partial charge in [-0.2, -0.15) is 0 Å². The monoisotopic (exact) mass is 185 g/mol. The zero-order valence-corrected chi connectivity index (χ0v) is 8.20. The number of rotatable bonds is 5. The van der Waals surface area contributed by atoms with Crippen molar-refractivity contribution in [1.82, 2.24) is 15.6 Å². The fraction of sp³-hybridized carbons (Fsp3) is 0.750. The van der Waals surface area contributed by atoms with Gasteiger partial charge in [0, 0.05) is 6.54 Å². The molecule has 0 saturated heterocycles. The van der Waals surface area contributed by atoms with E-state index < -0.39 is 0 Å². The van der Waals surface area contributed by atoms with Gasteiger partial charge in [0.15, 0.2) is 0 Å². The molecule has 1 aromatic rings. The van der Waals surface area contributed by atoms with Gasteiger partial charge in [-0.1, -0.05) is 10.3 Å². The van der Waals surface area contributed by atoms with Gasteiger partial charge in [0.1, 0.15) is 11.4 Å². The Hall–Kier alpha value is -0.940. The van der Waals surface area contributed by atoms with Crippen LogP contribution in [-0.4, -0.2) is 30.0 Å². The normalized spacial score (nSPS) is 13.2. The Kier molecular flexibility index (Phi) is 3.85. The third kappa shape index (κ3) is 3.12. The number of ether oxygens (including phenoxy) is 1. The maximum absolute atomic E-state index is 5.48. The Morgan fingerprint density at radius 2 is 2.31 bits per heavy atom. The van der Waals surface area contributed by atoms with E-state index in [-0.39, 0.29) is 6.10 Å². The van der Waals surface area contributed by atoms with E-state index in [0.717, 1.165) is 17.9 Å². The van der Waals surface area contributed by atoms with E-state index in [0.29, 0.717) is 6.61 Å². The van der Waals surface area contributed by atoms with Gasteiger partial charge in [-0.25, -0.2) is 4.63 Å². The van der Waals surface area contributed by atoms with Crippen molar-refractivity contribution < 1.29 is 9.37 Å². The second kappa shape index (κ2) is 4.94. The molecule has 13 heavy (non-hydrogen) atoms. The summed E-state index contributed by atoms with van der Waals surface area (Å²) in [6.45, 7) is 5.12. The average Bonchev–Trinajstić information content (AvgIpc) is 2.48. The van der Waals surface area contributed by atoms with Crippen LogP contribution in [0, 0.1) is 6.92 Å². The summed E-state index contributed by atoms with van der Waals surface area (Å²) < 4.78 is 10.0. The second-order valence-electron chi connectivity index (χ2n) is 2.98. The summed E-state index contributed by atoms with van der Waals surface area (Å²) in [5, 5.41) is 10.4. The molecule has 1 unspecified atom stereocenters. The van der Waals surface area contributed by atoms with Crippen molar-refractivity contribution in [3.63, 3.8) is 0 Å². The first-order chi connectivity index (χ1) is 6.24. The maximum Gasteiger partial charge on any atom is 0.133 e. The van der Waals surface area contributed by atoms with Crippen molar-refractivity contribution in [3.05, 3.63) is 11.4 Å². The quantitative estimate of drug-likeness (QED) is 0.724. The highest BCUT2D eigenvalue weighted by molar-refractivity contribution is 5.02. The Bertz CT molecular complexity index is 249. The van der Waals surface area contributed by atoms with Crippen molar-refractivity contribution in [2.24, 2.45) is 0 Å². The fourth-order valence-corrected chi connectivity index (χ4v) is 0.948. The summed E-state index contributed by atoms with van der Waals surface area (Å²) >= 11 is 0. The van der Waals surface area contributed by atoms with E-state index in [2.05, 4.69) is 20.3 Å². The van der Waals surface area contributed by atoms with Crippen LogP contribution in [0.25, 0.3) is 0 Å². The molecule has 1 rings (SSSR count). The highest BCUT2D eigenvalue weighted by atomic mass is 16.6. The van der Waals surface area contributed by atoms with Crippen LogP contribution in [-0.2, 0) is 11.3 Å². The number of hydrogen-bond acceptors (Lipinski definition) is 5. The van der Waals surface area contributed by atoms with Crippen molar-refractivity contribution in [3.8, 4) is 0 Å². The molecule has 0 spiro atoms. The molecule has 1 heterocycles. The van der Waals surface area contributed by atoms with Gasteiger partial charge in [0.05, 0.1) is 12.7 Å². The van der Waals surface area contributed by atoms with Gasteiger partial charge in [0.2, 0.25) is 0 Å². The number of nitrogens with one attached hydrogen (secondary N) is 1. The summed E-state index contributed by atoms with van der Waals surface area (Å²) in [5.74, 6) is 0. The summed E-state index contributed by atoms with van der Waals surface area (Å²) in [7, 11) is 1.89. The summed E-state index contributed by atoms with van der Waals surface area (Å²) in [6, 6.07) is 0. The Balaban J connectivity index is 2.30. The first kappa shape index (κ1) is 10.1. The van der Waals surface area contributed by atoms with Crippen LogP contribution in [0.15, 0.2) is 4.63 Å². The third-order valence-corrected chi connectivity index (χ3v) is 1.74. The molecule has 1 N–H and O–H groups in total. The fourth-order valence-electron chi connectivity index (χ4n) is 0.948. The van der Waals surface area contributed by atoms with E-state index in [1.807, 2.05) is 20.9 Å². The molecule has 0 amide bonds. The Labute approximate surface area is 77.4 Å². The van der Waals surface area contributed by atoms with Gasteiger partial charge in [-0.05, 0) is 20.9 Å². The zero-order chi connectivity index (χ0) is 9.68. The van der Waals surface area contributed by atoms with Gasteiger partial charge in [-0.3, -0.25) is 0 Å². The lowest BCUT2D eigenvalue weighted by molar-refractivity contribution is 0.0506. The van der Waals surface area contributed by atoms with Gasteiger partial charge < -0.3 is 10.1 Å². The predicted molar refractivity (Wildman–Crippen MR) is 47.2 cm³/mol. The van der Waals surface area contributed by atoms with Gasteiger partial charge in [0.25, 0.3) is 0 Å². The number of aryl methyl sites for hydroxylation is 1. The highest BCUT2D eigenvalue weighted by Gasteiger charge is 2.07. The van der Waals surface area contributed by atoms with E-state index in [9.17, 15) is 0 Å². The molecule has 0 radical (unpaired) electrons. The summed E-state index contributed by atoms with van der Waals surface area (Å²) in [5.41, 5.74) is 1.56. The van der Waals surface area contributed by atoms with Crippen molar-refractivity contribution >= 4 is 0 Å². The van der Waals surface area contributed by atoms with Gasteiger partial charge in [-0.15, -0.1) is 0 Å². The first-order valence-electron chi connectivity index (χ1n) is 4.28. The molecule has 0 aromatic carbocycles. The molecule has 0 aliphatic heterocycles. The molecule has 0 aliphatic carbocycles. The molecule has 74 valence electrons. The van der Waals surface area contributed by atoms with Crippen LogP contribution in [0.2, 0.25) is 0 Å². The predicted octanol–water partition coefficient (Wildman–Crippen LogP) is 0.503.